The molecule has 1 N–H and O–H groups in total. The molecule has 1 amide bonds. The van der Waals surface area contributed by atoms with E-state index < -0.39 is 18.3 Å². The van der Waals surface area contributed by atoms with Crippen LogP contribution in [0.25, 0.3) is 0 Å². The van der Waals surface area contributed by atoms with Crippen molar-refractivity contribution in [1.82, 2.24) is 19.6 Å². The number of hydrogen-bond donors (Lipinski definition) is 1. The maximum atomic E-state index is 13.9. The fourth-order valence-electron chi connectivity index (χ4n) is 4.96. The normalized spacial score (nSPS) is 26.3. The largest absolute Gasteiger partial charge is 0.410 e. The van der Waals surface area contributed by atoms with Crippen molar-refractivity contribution in [3.8, 4) is 0 Å². The summed E-state index contributed by atoms with van der Waals surface area (Å²) < 4.78 is 43.1. The molecule has 2 fully saturated rings. The Labute approximate surface area is 186 Å². The SMILES string of the molecule is O=C(c1nn2c(c1Br)NC(c1ccccc1)CC2C(F)(F)F)N1CCN2CCCC2C1. The van der Waals surface area contributed by atoms with Crippen LogP contribution < -0.4 is 5.32 Å². The van der Waals surface area contributed by atoms with Gasteiger partial charge in [0.25, 0.3) is 5.91 Å². The molecule has 0 bridgehead atoms. The second kappa shape index (κ2) is 7.81. The average Bonchev–Trinajstić information content (AvgIpc) is 3.36. The second-order valence-corrected chi connectivity index (χ2v) is 9.23. The van der Waals surface area contributed by atoms with Crippen LogP contribution in [0.4, 0.5) is 19.0 Å². The number of alkyl halides is 3. The van der Waals surface area contributed by atoms with Crippen LogP contribution in [0.2, 0.25) is 0 Å². The highest BCUT2D eigenvalue weighted by Gasteiger charge is 2.48. The zero-order valence-electron chi connectivity index (χ0n) is 16.8. The fourth-order valence-corrected chi connectivity index (χ4v) is 5.50. The van der Waals surface area contributed by atoms with Gasteiger partial charge in [0.1, 0.15) is 5.82 Å². The van der Waals surface area contributed by atoms with Gasteiger partial charge in [0.15, 0.2) is 11.7 Å². The zero-order valence-corrected chi connectivity index (χ0v) is 18.4. The quantitative estimate of drug-likeness (QED) is 0.674. The fraction of sp³-hybridized carbons (Fsp3) is 0.524. The summed E-state index contributed by atoms with van der Waals surface area (Å²) in [7, 11) is 0. The first kappa shape index (κ1) is 20.8. The van der Waals surface area contributed by atoms with Crippen LogP contribution in [0.1, 0.15) is 47.4 Å². The minimum absolute atomic E-state index is 0.0388. The number of carbonyl (C=O) groups excluding carboxylic acids is 1. The third-order valence-electron chi connectivity index (χ3n) is 6.57. The van der Waals surface area contributed by atoms with E-state index in [9.17, 15) is 18.0 Å². The number of amides is 1. The van der Waals surface area contributed by atoms with Gasteiger partial charge in [-0.25, -0.2) is 4.68 Å². The van der Waals surface area contributed by atoms with Crippen molar-refractivity contribution in [1.29, 1.82) is 0 Å². The summed E-state index contributed by atoms with van der Waals surface area (Å²) in [6.45, 7) is 3.00. The first-order valence-electron chi connectivity index (χ1n) is 10.5. The molecule has 166 valence electrons. The van der Waals surface area contributed by atoms with Crippen LogP contribution in [-0.4, -0.2) is 63.9 Å². The third-order valence-corrected chi connectivity index (χ3v) is 7.33. The highest BCUT2D eigenvalue weighted by Crippen LogP contribution is 2.46. The number of piperazine rings is 1. The predicted octanol–water partition coefficient (Wildman–Crippen LogP) is 4.23. The number of carbonyl (C=O) groups is 1. The van der Waals surface area contributed by atoms with Gasteiger partial charge < -0.3 is 10.2 Å². The number of rotatable bonds is 2. The van der Waals surface area contributed by atoms with E-state index in [1.54, 1.807) is 29.2 Å². The lowest BCUT2D eigenvalue weighted by atomic mass is 9.97. The molecule has 5 rings (SSSR count). The van der Waals surface area contributed by atoms with Crippen molar-refractivity contribution in [3.05, 3.63) is 46.1 Å². The van der Waals surface area contributed by atoms with E-state index in [2.05, 4.69) is 31.2 Å². The van der Waals surface area contributed by atoms with Gasteiger partial charge in [0, 0.05) is 32.1 Å². The monoisotopic (exact) mass is 497 g/mol. The van der Waals surface area contributed by atoms with Crippen molar-refractivity contribution in [2.75, 3.05) is 31.5 Å². The molecular formula is C21H23BrF3N5O. The molecular weight excluding hydrogens is 475 g/mol. The van der Waals surface area contributed by atoms with E-state index in [-0.39, 0.29) is 23.8 Å². The van der Waals surface area contributed by atoms with Crippen LogP contribution in [-0.2, 0) is 0 Å². The predicted molar refractivity (Wildman–Crippen MR) is 113 cm³/mol. The minimum Gasteiger partial charge on any atom is -0.362 e. The molecule has 0 radical (unpaired) electrons. The van der Waals surface area contributed by atoms with E-state index in [4.69, 9.17) is 0 Å². The summed E-state index contributed by atoms with van der Waals surface area (Å²) in [5, 5.41) is 7.34. The first-order valence-corrected chi connectivity index (χ1v) is 11.3. The zero-order chi connectivity index (χ0) is 21.8. The molecule has 0 aliphatic carbocycles. The summed E-state index contributed by atoms with van der Waals surface area (Å²) in [6, 6.07) is 7.04. The van der Waals surface area contributed by atoms with Crippen molar-refractivity contribution in [2.24, 2.45) is 0 Å². The number of fused-ring (bicyclic) bond motifs is 2. The molecule has 31 heavy (non-hydrogen) atoms. The highest BCUT2D eigenvalue weighted by molar-refractivity contribution is 9.10. The minimum atomic E-state index is -4.48. The third kappa shape index (κ3) is 3.73. The van der Waals surface area contributed by atoms with Crippen LogP contribution in [0.3, 0.4) is 0 Å². The van der Waals surface area contributed by atoms with Gasteiger partial charge in [0.2, 0.25) is 0 Å². The van der Waals surface area contributed by atoms with Gasteiger partial charge in [-0.15, -0.1) is 0 Å². The molecule has 10 heteroatoms. The van der Waals surface area contributed by atoms with Gasteiger partial charge in [-0.1, -0.05) is 30.3 Å². The molecule has 1 aromatic heterocycles. The number of hydrogen-bond acceptors (Lipinski definition) is 4. The molecule has 3 aliphatic heterocycles. The number of nitrogens with one attached hydrogen (secondary N) is 1. The van der Waals surface area contributed by atoms with E-state index >= 15 is 0 Å². The van der Waals surface area contributed by atoms with Gasteiger partial charge in [-0.05, 0) is 40.9 Å². The number of aromatic nitrogens is 2. The maximum Gasteiger partial charge on any atom is 0.410 e. The van der Waals surface area contributed by atoms with Gasteiger partial charge in [-0.2, -0.15) is 18.3 Å². The van der Waals surface area contributed by atoms with E-state index in [0.29, 0.717) is 23.6 Å². The number of anilines is 1. The van der Waals surface area contributed by atoms with Crippen LogP contribution in [0.5, 0.6) is 0 Å². The Morgan fingerprint density at radius 2 is 1.94 bits per heavy atom. The number of halogens is 4. The average molecular weight is 498 g/mol. The maximum absolute atomic E-state index is 13.9. The van der Waals surface area contributed by atoms with E-state index in [1.807, 2.05) is 6.07 Å². The summed E-state index contributed by atoms with van der Waals surface area (Å²) >= 11 is 3.38. The lowest BCUT2D eigenvalue weighted by Gasteiger charge is -2.37. The van der Waals surface area contributed by atoms with Crippen LogP contribution in [0, 0.1) is 0 Å². The smallest absolute Gasteiger partial charge is 0.362 e. The van der Waals surface area contributed by atoms with E-state index in [0.717, 1.165) is 36.2 Å². The molecule has 1 aromatic carbocycles. The van der Waals surface area contributed by atoms with Crippen LogP contribution >= 0.6 is 15.9 Å². The molecule has 6 nitrogen and oxygen atoms in total. The lowest BCUT2D eigenvalue weighted by Crippen LogP contribution is -2.52. The van der Waals surface area contributed by atoms with Crippen molar-refractivity contribution < 1.29 is 18.0 Å². The summed E-state index contributed by atoms with van der Waals surface area (Å²) in [6.07, 6.45) is -2.51. The number of benzene rings is 1. The van der Waals surface area contributed by atoms with Crippen molar-refractivity contribution in [2.45, 2.75) is 43.6 Å². The Kier molecular flexibility index (Phi) is 5.24. The number of nitrogens with zero attached hydrogens (tertiary/aromatic N) is 4. The van der Waals surface area contributed by atoms with E-state index in [1.165, 1.54) is 0 Å². The lowest BCUT2D eigenvalue weighted by molar-refractivity contribution is -0.173. The molecule has 3 aliphatic rings. The molecule has 3 atom stereocenters. The van der Waals surface area contributed by atoms with Gasteiger partial charge in [0.05, 0.1) is 10.5 Å². The molecule has 4 heterocycles. The molecule has 0 saturated carbocycles. The first-order chi connectivity index (χ1) is 14.8. The topological polar surface area (TPSA) is 53.4 Å². The van der Waals surface area contributed by atoms with Gasteiger partial charge in [-0.3, -0.25) is 9.69 Å². The Hall–Kier alpha value is -2.07. The Bertz CT molecular complexity index is 979. The Morgan fingerprint density at radius 1 is 1.16 bits per heavy atom. The molecule has 2 aromatic rings. The van der Waals surface area contributed by atoms with Crippen molar-refractivity contribution >= 4 is 27.7 Å². The van der Waals surface area contributed by atoms with Crippen LogP contribution in [0.15, 0.2) is 34.8 Å². The Morgan fingerprint density at radius 3 is 2.68 bits per heavy atom. The molecule has 2 saturated heterocycles. The highest BCUT2D eigenvalue weighted by atomic mass is 79.9. The summed E-state index contributed by atoms with van der Waals surface area (Å²) in [4.78, 5) is 17.3. The van der Waals surface area contributed by atoms with Gasteiger partial charge >= 0.3 is 6.18 Å². The van der Waals surface area contributed by atoms with Crippen molar-refractivity contribution in [3.63, 3.8) is 0 Å². The Balaban J connectivity index is 1.47. The second-order valence-electron chi connectivity index (χ2n) is 8.44. The summed E-state index contributed by atoms with van der Waals surface area (Å²) in [5.74, 6) is -0.121. The molecule has 3 unspecified atom stereocenters. The summed E-state index contributed by atoms with van der Waals surface area (Å²) in [5.41, 5.74) is 0.804. The molecule has 0 spiro atoms. The standard InChI is InChI=1S/C21H23BrF3N5O/c22-17-18(20(31)29-10-9-28-8-4-7-14(28)12-29)27-30-16(21(23,24)25)11-15(26-19(17)30)13-5-2-1-3-6-13/h1-3,5-6,14-16,26H,4,7-12H2.